The fraction of sp³-hybridized carbons (Fsp3) is 0.462. The largest absolute Gasteiger partial charge is 0.494 e. The highest BCUT2D eigenvalue weighted by atomic mass is 35.5. The summed E-state index contributed by atoms with van der Waals surface area (Å²) in [7, 11) is 3.73. The van der Waals surface area contributed by atoms with E-state index in [-0.39, 0.29) is 0 Å². The summed E-state index contributed by atoms with van der Waals surface area (Å²) >= 11 is 5.98. The molecule has 0 atom stereocenters. The van der Waals surface area contributed by atoms with Crippen molar-refractivity contribution in [2.45, 2.75) is 13.3 Å². The lowest BCUT2D eigenvalue weighted by Gasteiger charge is -2.12. The van der Waals surface area contributed by atoms with Crippen LogP contribution < -0.4 is 10.5 Å². The first-order valence-electron chi connectivity index (χ1n) is 5.93. The Kier molecular flexibility index (Phi) is 5.78. The highest BCUT2D eigenvalue weighted by Gasteiger charge is 2.04. The summed E-state index contributed by atoms with van der Waals surface area (Å²) in [5.41, 5.74) is 6.78. The Morgan fingerprint density at radius 1 is 1.44 bits per heavy atom. The van der Waals surface area contributed by atoms with Crippen LogP contribution in [0.3, 0.4) is 0 Å². The molecular formula is C13H20ClN3O. The van der Waals surface area contributed by atoms with Gasteiger partial charge in [-0.2, -0.15) is 0 Å². The number of benzene rings is 1. The molecule has 0 aliphatic rings. The monoisotopic (exact) mass is 269 g/mol. The van der Waals surface area contributed by atoms with E-state index in [9.17, 15) is 0 Å². The Morgan fingerprint density at radius 3 is 2.78 bits per heavy atom. The summed E-state index contributed by atoms with van der Waals surface area (Å²) in [6, 6.07) is 5.63. The molecule has 5 heteroatoms. The lowest BCUT2D eigenvalue weighted by molar-refractivity contribution is 0.336. The highest BCUT2D eigenvalue weighted by molar-refractivity contribution is 6.30. The van der Waals surface area contributed by atoms with Gasteiger partial charge in [0.15, 0.2) is 5.96 Å². The van der Waals surface area contributed by atoms with Gasteiger partial charge in [0.25, 0.3) is 0 Å². The Morgan fingerprint density at radius 2 is 2.17 bits per heavy atom. The normalized spacial score (nSPS) is 11.4. The summed E-state index contributed by atoms with van der Waals surface area (Å²) in [4.78, 5) is 6.05. The number of ether oxygens (including phenoxy) is 1. The van der Waals surface area contributed by atoms with Crippen molar-refractivity contribution in [3.63, 3.8) is 0 Å². The van der Waals surface area contributed by atoms with Crippen LogP contribution in [0, 0.1) is 0 Å². The third-order valence-corrected chi connectivity index (χ3v) is 2.67. The van der Waals surface area contributed by atoms with Crippen LogP contribution in [0.2, 0.25) is 5.02 Å². The topological polar surface area (TPSA) is 50.9 Å². The molecule has 4 nitrogen and oxygen atoms in total. The summed E-state index contributed by atoms with van der Waals surface area (Å²) in [6.45, 7) is 3.21. The standard InChI is InChI=1S/C13H20ClN3O/c1-4-18-12-6-5-11(14)9-10(12)7-8-16-13(15)17(2)3/h5-6,9H,4,7-8H2,1-3H3,(H2,15,16). The molecule has 1 rings (SSSR count). The van der Waals surface area contributed by atoms with Crippen molar-refractivity contribution in [2.75, 3.05) is 27.2 Å². The molecule has 0 amide bonds. The lowest BCUT2D eigenvalue weighted by atomic mass is 10.1. The molecule has 0 saturated carbocycles. The molecule has 1 aromatic rings. The van der Waals surface area contributed by atoms with Crippen LogP contribution in [0.1, 0.15) is 12.5 Å². The summed E-state index contributed by atoms with van der Waals surface area (Å²) in [5.74, 6) is 1.38. The van der Waals surface area contributed by atoms with Gasteiger partial charge >= 0.3 is 0 Å². The number of nitrogens with zero attached hydrogens (tertiary/aromatic N) is 2. The van der Waals surface area contributed by atoms with Gasteiger partial charge in [0.1, 0.15) is 5.75 Å². The van der Waals surface area contributed by atoms with E-state index in [1.807, 2.05) is 39.2 Å². The van der Waals surface area contributed by atoms with Crippen LogP contribution in [0.4, 0.5) is 0 Å². The van der Waals surface area contributed by atoms with Gasteiger partial charge in [-0.3, -0.25) is 4.99 Å². The van der Waals surface area contributed by atoms with Crippen molar-refractivity contribution in [2.24, 2.45) is 10.7 Å². The fourth-order valence-corrected chi connectivity index (χ4v) is 1.67. The van der Waals surface area contributed by atoms with Crippen molar-refractivity contribution in [1.82, 2.24) is 4.90 Å². The number of halogens is 1. The SMILES string of the molecule is CCOc1ccc(Cl)cc1CCN=C(N)N(C)C. The van der Waals surface area contributed by atoms with E-state index >= 15 is 0 Å². The van der Waals surface area contributed by atoms with Crippen molar-refractivity contribution in [1.29, 1.82) is 0 Å². The third-order valence-electron chi connectivity index (χ3n) is 2.44. The zero-order valence-corrected chi connectivity index (χ0v) is 11.9. The van der Waals surface area contributed by atoms with E-state index in [1.54, 1.807) is 4.90 Å². The van der Waals surface area contributed by atoms with Gasteiger partial charge in [-0.25, -0.2) is 0 Å². The van der Waals surface area contributed by atoms with E-state index in [0.29, 0.717) is 24.1 Å². The van der Waals surface area contributed by atoms with Gasteiger partial charge in [0, 0.05) is 25.7 Å². The number of guanidine groups is 1. The average molecular weight is 270 g/mol. The quantitative estimate of drug-likeness (QED) is 0.658. The molecule has 0 saturated heterocycles. The number of hydrogen-bond acceptors (Lipinski definition) is 2. The number of hydrogen-bond donors (Lipinski definition) is 1. The maximum atomic E-state index is 5.98. The van der Waals surface area contributed by atoms with Gasteiger partial charge in [0.2, 0.25) is 0 Å². The van der Waals surface area contributed by atoms with Crippen LogP contribution in [-0.2, 0) is 6.42 Å². The molecule has 18 heavy (non-hydrogen) atoms. The third kappa shape index (κ3) is 4.45. The molecule has 0 unspecified atom stereocenters. The van der Waals surface area contributed by atoms with Crippen molar-refractivity contribution in [3.8, 4) is 5.75 Å². The first kappa shape index (κ1) is 14.6. The Balaban J connectivity index is 2.71. The maximum absolute atomic E-state index is 5.98. The van der Waals surface area contributed by atoms with Crippen LogP contribution in [0.25, 0.3) is 0 Å². The molecule has 0 bridgehead atoms. The fourth-order valence-electron chi connectivity index (χ4n) is 1.47. The average Bonchev–Trinajstić information content (AvgIpc) is 2.32. The molecule has 2 N–H and O–H groups in total. The Hall–Kier alpha value is -1.42. The minimum absolute atomic E-state index is 0.523. The van der Waals surface area contributed by atoms with Crippen LogP contribution in [-0.4, -0.2) is 38.1 Å². The highest BCUT2D eigenvalue weighted by Crippen LogP contribution is 2.23. The molecular weight excluding hydrogens is 250 g/mol. The molecule has 0 fully saturated rings. The Bertz CT molecular complexity index is 419. The molecule has 1 aromatic carbocycles. The zero-order chi connectivity index (χ0) is 13.5. The van der Waals surface area contributed by atoms with E-state index in [4.69, 9.17) is 22.1 Å². The Labute approximate surface area is 113 Å². The first-order chi connectivity index (χ1) is 8.54. The van der Waals surface area contributed by atoms with Crippen LogP contribution in [0.5, 0.6) is 5.75 Å². The predicted molar refractivity (Wildman–Crippen MR) is 76.5 cm³/mol. The summed E-state index contributed by atoms with van der Waals surface area (Å²) in [6.07, 6.45) is 0.754. The molecule has 0 radical (unpaired) electrons. The van der Waals surface area contributed by atoms with Crippen LogP contribution in [0.15, 0.2) is 23.2 Å². The lowest BCUT2D eigenvalue weighted by Crippen LogP contribution is -2.30. The number of aliphatic imine (C=N–C) groups is 1. The first-order valence-corrected chi connectivity index (χ1v) is 6.30. The minimum atomic E-state index is 0.523. The van der Waals surface area contributed by atoms with Gasteiger partial charge in [-0.15, -0.1) is 0 Å². The molecule has 0 heterocycles. The number of rotatable bonds is 5. The molecule has 0 aliphatic heterocycles. The van der Waals surface area contributed by atoms with E-state index in [0.717, 1.165) is 17.7 Å². The van der Waals surface area contributed by atoms with Crippen molar-refractivity contribution < 1.29 is 4.74 Å². The predicted octanol–water partition coefficient (Wildman–Crippen LogP) is 2.16. The molecule has 0 spiro atoms. The molecule has 100 valence electrons. The second kappa shape index (κ2) is 7.11. The smallest absolute Gasteiger partial charge is 0.190 e. The van der Waals surface area contributed by atoms with E-state index < -0.39 is 0 Å². The van der Waals surface area contributed by atoms with E-state index in [2.05, 4.69) is 4.99 Å². The van der Waals surface area contributed by atoms with Gasteiger partial charge in [-0.05, 0) is 37.1 Å². The molecule has 0 aromatic heterocycles. The van der Waals surface area contributed by atoms with Gasteiger partial charge in [-0.1, -0.05) is 11.6 Å². The van der Waals surface area contributed by atoms with Crippen molar-refractivity contribution in [3.05, 3.63) is 28.8 Å². The van der Waals surface area contributed by atoms with Gasteiger partial charge < -0.3 is 15.4 Å². The van der Waals surface area contributed by atoms with E-state index in [1.165, 1.54) is 0 Å². The van der Waals surface area contributed by atoms with Crippen LogP contribution >= 0.6 is 11.6 Å². The summed E-state index contributed by atoms with van der Waals surface area (Å²) in [5, 5.41) is 0.706. The second-order valence-corrected chi connectivity index (χ2v) is 4.51. The van der Waals surface area contributed by atoms with Gasteiger partial charge in [0.05, 0.1) is 6.61 Å². The minimum Gasteiger partial charge on any atom is -0.494 e. The number of nitrogens with two attached hydrogens (primary N) is 1. The zero-order valence-electron chi connectivity index (χ0n) is 11.1. The molecule has 0 aliphatic carbocycles. The second-order valence-electron chi connectivity index (χ2n) is 4.07. The van der Waals surface area contributed by atoms with Crippen molar-refractivity contribution >= 4 is 17.6 Å². The summed E-state index contributed by atoms with van der Waals surface area (Å²) < 4.78 is 5.55. The maximum Gasteiger partial charge on any atom is 0.190 e.